The van der Waals surface area contributed by atoms with E-state index in [1.807, 2.05) is 24.3 Å². The monoisotopic (exact) mass is 351 g/mol. The van der Waals surface area contributed by atoms with Gasteiger partial charge in [0.05, 0.1) is 6.10 Å². The van der Waals surface area contributed by atoms with Crippen LogP contribution in [0.1, 0.15) is 39.3 Å². The Balaban J connectivity index is 1.88. The van der Waals surface area contributed by atoms with Gasteiger partial charge in [0.25, 0.3) is 0 Å². The van der Waals surface area contributed by atoms with E-state index in [0.717, 1.165) is 27.8 Å². The molecule has 0 aliphatic heterocycles. The van der Waals surface area contributed by atoms with Gasteiger partial charge in [0, 0.05) is 26.7 Å². The molecule has 3 rings (SSSR count). The number of aliphatic hydroxyl groups excluding tert-OH is 1. The van der Waals surface area contributed by atoms with Gasteiger partial charge in [0.1, 0.15) is 0 Å². The van der Waals surface area contributed by atoms with Crippen LogP contribution in [0.25, 0.3) is 0 Å². The Morgan fingerprint density at radius 2 is 2.15 bits per heavy atom. The minimum atomic E-state index is -0.509. The summed E-state index contributed by atoms with van der Waals surface area (Å²) < 4.78 is 1.02. The summed E-state index contributed by atoms with van der Waals surface area (Å²) in [5.74, 6) is -0.0497. The summed E-state index contributed by atoms with van der Waals surface area (Å²) in [7, 11) is 0. The fourth-order valence-corrected chi connectivity index (χ4v) is 4.61. The van der Waals surface area contributed by atoms with E-state index in [-0.39, 0.29) is 5.92 Å². The summed E-state index contributed by atoms with van der Waals surface area (Å²) in [6.07, 6.45) is 3.06. The van der Waals surface area contributed by atoms with Crippen LogP contribution in [0, 0.1) is 0 Å². The Kier molecular flexibility index (Phi) is 4.26. The lowest BCUT2D eigenvalue weighted by atomic mass is 9.92. The van der Waals surface area contributed by atoms with Crippen molar-refractivity contribution in [3.63, 3.8) is 0 Å². The first-order valence-corrected chi connectivity index (χ1v) is 8.55. The number of hydrogen-bond donors (Lipinski definition) is 2. The van der Waals surface area contributed by atoms with E-state index >= 15 is 0 Å². The molecule has 20 heavy (non-hydrogen) atoms. The quantitative estimate of drug-likeness (QED) is 0.880. The number of aryl methyl sites for hydroxylation is 2. The molecule has 0 amide bonds. The van der Waals surface area contributed by atoms with Crippen LogP contribution in [-0.2, 0) is 12.8 Å². The average molecular weight is 352 g/mol. The minimum Gasteiger partial charge on any atom is -0.387 e. The lowest BCUT2D eigenvalue weighted by Crippen LogP contribution is -2.19. The van der Waals surface area contributed by atoms with Gasteiger partial charge in [-0.25, -0.2) is 0 Å². The van der Waals surface area contributed by atoms with Gasteiger partial charge in [-0.3, -0.25) is 0 Å². The highest BCUT2D eigenvalue weighted by molar-refractivity contribution is 9.10. The molecular formula is C16H18BrNOS. The molecule has 1 aliphatic rings. The fourth-order valence-electron chi connectivity index (χ4n) is 2.88. The average Bonchev–Trinajstić information content (AvgIpc) is 3.00. The van der Waals surface area contributed by atoms with Crippen molar-refractivity contribution < 1.29 is 5.11 Å². The van der Waals surface area contributed by atoms with Crippen molar-refractivity contribution in [1.82, 2.24) is 0 Å². The zero-order chi connectivity index (χ0) is 14.1. The minimum absolute atomic E-state index is 0.0497. The number of benzene rings is 1. The fraction of sp³-hybridized carbons (Fsp3) is 0.375. The highest BCUT2D eigenvalue weighted by Gasteiger charge is 2.25. The molecule has 2 atom stereocenters. The van der Waals surface area contributed by atoms with Crippen LogP contribution < -0.4 is 5.73 Å². The first-order chi connectivity index (χ1) is 9.69. The molecule has 0 bridgehead atoms. The molecule has 0 spiro atoms. The van der Waals surface area contributed by atoms with Crippen LogP contribution in [0.3, 0.4) is 0 Å². The van der Waals surface area contributed by atoms with Crippen LogP contribution in [0.5, 0.6) is 0 Å². The van der Waals surface area contributed by atoms with Gasteiger partial charge in [-0.15, -0.1) is 11.3 Å². The molecule has 1 aromatic carbocycles. The van der Waals surface area contributed by atoms with E-state index in [0.29, 0.717) is 6.54 Å². The van der Waals surface area contributed by atoms with E-state index in [4.69, 9.17) is 5.73 Å². The van der Waals surface area contributed by atoms with Gasteiger partial charge in [-0.1, -0.05) is 28.1 Å². The zero-order valence-electron chi connectivity index (χ0n) is 11.2. The number of hydrogen-bond acceptors (Lipinski definition) is 3. The van der Waals surface area contributed by atoms with Crippen LogP contribution in [0.2, 0.25) is 0 Å². The Hall–Kier alpha value is -0.680. The van der Waals surface area contributed by atoms with Crippen LogP contribution >= 0.6 is 27.3 Å². The number of nitrogens with two attached hydrogens (primary N) is 1. The first-order valence-electron chi connectivity index (χ1n) is 6.94. The van der Waals surface area contributed by atoms with Crippen molar-refractivity contribution >= 4 is 27.3 Å². The van der Waals surface area contributed by atoms with Gasteiger partial charge in [-0.2, -0.15) is 0 Å². The number of fused-ring (bicyclic) bond motifs is 1. The van der Waals surface area contributed by atoms with Gasteiger partial charge in [0.2, 0.25) is 0 Å². The van der Waals surface area contributed by atoms with Crippen LogP contribution in [-0.4, -0.2) is 11.7 Å². The summed E-state index contributed by atoms with van der Waals surface area (Å²) in [4.78, 5) is 2.51. The maximum atomic E-state index is 10.7. The third kappa shape index (κ3) is 2.70. The van der Waals surface area contributed by atoms with Crippen molar-refractivity contribution in [3.05, 3.63) is 55.7 Å². The molecule has 0 saturated heterocycles. The molecule has 1 heterocycles. The van der Waals surface area contributed by atoms with Crippen molar-refractivity contribution in [1.29, 1.82) is 0 Å². The van der Waals surface area contributed by atoms with Gasteiger partial charge < -0.3 is 10.8 Å². The molecule has 2 nitrogen and oxygen atoms in total. The lowest BCUT2D eigenvalue weighted by molar-refractivity contribution is 0.151. The summed E-state index contributed by atoms with van der Waals surface area (Å²) in [5, 5.41) is 10.7. The molecular weight excluding hydrogens is 334 g/mol. The molecule has 106 valence electrons. The zero-order valence-corrected chi connectivity index (χ0v) is 13.6. The van der Waals surface area contributed by atoms with Crippen molar-refractivity contribution in [2.75, 3.05) is 6.54 Å². The second kappa shape index (κ2) is 5.98. The standard InChI is InChI=1S/C16H18BrNOS/c17-12-5-1-3-10(7-12)13(9-18)16(19)15-8-11-4-2-6-14(11)20-15/h1,3,5,7-8,13,16,19H,2,4,6,9,18H2. The summed E-state index contributed by atoms with van der Waals surface area (Å²) in [5.41, 5.74) is 8.42. The van der Waals surface area contributed by atoms with Crippen molar-refractivity contribution in [3.8, 4) is 0 Å². The molecule has 2 unspecified atom stereocenters. The maximum Gasteiger partial charge on any atom is 0.0962 e. The summed E-state index contributed by atoms with van der Waals surface area (Å²) >= 11 is 5.24. The number of thiophene rings is 1. The van der Waals surface area contributed by atoms with E-state index in [9.17, 15) is 5.11 Å². The third-order valence-electron chi connectivity index (χ3n) is 3.97. The molecule has 0 saturated carbocycles. The summed E-state index contributed by atoms with van der Waals surface area (Å²) in [6, 6.07) is 10.2. The second-order valence-electron chi connectivity index (χ2n) is 5.29. The lowest BCUT2D eigenvalue weighted by Gasteiger charge is -2.21. The highest BCUT2D eigenvalue weighted by Crippen LogP contribution is 2.39. The number of aliphatic hydroxyl groups is 1. The van der Waals surface area contributed by atoms with E-state index < -0.39 is 6.10 Å². The Labute approximate surface area is 131 Å². The van der Waals surface area contributed by atoms with Gasteiger partial charge in [0.15, 0.2) is 0 Å². The third-order valence-corrected chi connectivity index (χ3v) is 5.77. The smallest absolute Gasteiger partial charge is 0.0962 e. The Bertz CT molecular complexity index is 589. The predicted molar refractivity (Wildman–Crippen MR) is 87.2 cm³/mol. The van der Waals surface area contributed by atoms with Gasteiger partial charge >= 0.3 is 0 Å². The largest absolute Gasteiger partial charge is 0.387 e. The van der Waals surface area contributed by atoms with E-state index in [2.05, 4.69) is 22.0 Å². The SMILES string of the molecule is NCC(c1cccc(Br)c1)C(O)c1cc2c(s1)CCC2. The van der Waals surface area contributed by atoms with Crippen LogP contribution in [0.15, 0.2) is 34.8 Å². The maximum absolute atomic E-state index is 10.7. The molecule has 3 N–H and O–H groups in total. The molecule has 1 aromatic heterocycles. The summed E-state index contributed by atoms with van der Waals surface area (Å²) in [6.45, 7) is 0.445. The van der Waals surface area contributed by atoms with Crippen molar-refractivity contribution in [2.24, 2.45) is 5.73 Å². The Morgan fingerprint density at radius 3 is 2.85 bits per heavy atom. The first kappa shape index (κ1) is 14.3. The molecule has 1 aliphatic carbocycles. The topological polar surface area (TPSA) is 46.2 Å². The Morgan fingerprint density at radius 1 is 1.30 bits per heavy atom. The highest BCUT2D eigenvalue weighted by atomic mass is 79.9. The van der Waals surface area contributed by atoms with Crippen molar-refractivity contribution in [2.45, 2.75) is 31.3 Å². The number of rotatable bonds is 4. The molecule has 0 fully saturated rings. The molecule has 2 aromatic rings. The van der Waals surface area contributed by atoms with Crippen LogP contribution in [0.4, 0.5) is 0 Å². The molecule has 0 radical (unpaired) electrons. The second-order valence-corrected chi connectivity index (χ2v) is 7.38. The normalized spacial score (nSPS) is 16.9. The van der Waals surface area contributed by atoms with E-state index in [1.165, 1.54) is 16.9 Å². The number of halogens is 1. The van der Waals surface area contributed by atoms with Gasteiger partial charge in [-0.05, 0) is 48.6 Å². The van der Waals surface area contributed by atoms with E-state index in [1.54, 1.807) is 11.3 Å². The predicted octanol–water partition coefficient (Wildman–Crippen LogP) is 3.78. The molecule has 4 heteroatoms.